The first-order chi connectivity index (χ1) is 11.7. The minimum absolute atomic E-state index is 0.562. The van der Waals surface area contributed by atoms with E-state index in [2.05, 4.69) is 6.07 Å². The molecule has 0 aliphatic rings. The van der Waals surface area contributed by atoms with Gasteiger partial charge in [-0.25, -0.2) is 4.68 Å². The van der Waals surface area contributed by atoms with Gasteiger partial charge in [0.1, 0.15) is 11.5 Å². The normalized spacial score (nSPS) is 10.6. The average Bonchev–Trinajstić information content (AvgIpc) is 3.06. The molecular formula is C19H21N3O2. The SMILES string of the molecule is COc1cccc(-c2cc(CCN)nn2-c2cccc(OC)c2)c1. The van der Waals surface area contributed by atoms with Gasteiger partial charge in [-0.1, -0.05) is 18.2 Å². The van der Waals surface area contributed by atoms with E-state index < -0.39 is 0 Å². The molecule has 1 aromatic heterocycles. The largest absolute Gasteiger partial charge is 0.497 e. The second-order valence-corrected chi connectivity index (χ2v) is 5.40. The van der Waals surface area contributed by atoms with Gasteiger partial charge in [0.05, 0.1) is 31.3 Å². The molecule has 2 N–H and O–H groups in total. The molecule has 3 aromatic rings. The van der Waals surface area contributed by atoms with Crippen LogP contribution in [-0.4, -0.2) is 30.5 Å². The zero-order valence-electron chi connectivity index (χ0n) is 13.9. The number of nitrogens with two attached hydrogens (primary N) is 1. The average molecular weight is 323 g/mol. The number of ether oxygens (including phenoxy) is 2. The Morgan fingerprint density at radius 1 is 0.958 bits per heavy atom. The van der Waals surface area contributed by atoms with Crippen LogP contribution in [0.25, 0.3) is 16.9 Å². The van der Waals surface area contributed by atoms with Crippen LogP contribution in [0.2, 0.25) is 0 Å². The molecule has 24 heavy (non-hydrogen) atoms. The lowest BCUT2D eigenvalue weighted by Gasteiger charge is -2.10. The van der Waals surface area contributed by atoms with Gasteiger partial charge in [0.2, 0.25) is 0 Å². The van der Waals surface area contributed by atoms with Crippen molar-refractivity contribution < 1.29 is 9.47 Å². The van der Waals surface area contributed by atoms with Gasteiger partial charge < -0.3 is 15.2 Å². The van der Waals surface area contributed by atoms with Crippen molar-refractivity contribution >= 4 is 0 Å². The third-order valence-corrected chi connectivity index (χ3v) is 3.82. The number of nitrogens with zero attached hydrogens (tertiary/aromatic N) is 2. The maximum atomic E-state index is 5.70. The van der Waals surface area contributed by atoms with Gasteiger partial charge in [-0.2, -0.15) is 5.10 Å². The van der Waals surface area contributed by atoms with Crippen molar-refractivity contribution in [2.24, 2.45) is 5.73 Å². The third kappa shape index (κ3) is 3.26. The van der Waals surface area contributed by atoms with Crippen molar-refractivity contribution in [1.82, 2.24) is 9.78 Å². The topological polar surface area (TPSA) is 62.3 Å². The van der Waals surface area contributed by atoms with E-state index in [0.29, 0.717) is 6.54 Å². The molecule has 5 nitrogen and oxygen atoms in total. The first kappa shape index (κ1) is 16.1. The second kappa shape index (κ2) is 7.19. The summed E-state index contributed by atoms with van der Waals surface area (Å²) in [6, 6.07) is 17.8. The van der Waals surface area contributed by atoms with Crippen LogP contribution < -0.4 is 15.2 Å². The first-order valence-electron chi connectivity index (χ1n) is 7.83. The van der Waals surface area contributed by atoms with Crippen LogP contribution in [0.15, 0.2) is 54.6 Å². The fourth-order valence-corrected chi connectivity index (χ4v) is 2.63. The van der Waals surface area contributed by atoms with E-state index in [1.165, 1.54) is 0 Å². The molecule has 124 valence electrons. The summed E-state index contributed by atoms with van der Waals surface area (Å²) in [6.07, 6.45) is 0.730. The number of methoxy groups -OCH3 is 2. The van der Waals surface area contributed by atoms with Crippen molar-refractivity contribution in [3.63, 3.8) is 0 Å². The molecule has 0 saturated carbocycles. The summed E-state index contributed by atoms with van der Waals surface area (Å²) in [5.41, 5.74) is 9.62. The molecule has 3 rings (SSSR count). The Morgan fingerprint density at radius 2 is 1.67 bits per heavy atom. The Balaban J connectivity index is 2.13. The summed E-state index contributed by atoms with van der Waals surface area (Å²) in [5, 5.41) is 4.72. The van der Waals surface area contributed by atoms with E-state index in [9.17, 15) is 0 Å². The highest BCUT2D eigenvalue weighted by atomic mass is 16.5. The zero-order chi connectivity index (χ0) is 16.9. The summed E-state index contributed by atoms with van der Waals surface area (Å²) in [7, 11) is 3.32. The molecule has 0 radical (unpaired) electrons. The second-order valence-electron chi connectivity index (χ2n) is 5.40. The lowest BCUT2D eigenvalue weighted by molar-refractivity contribution is 0.414. The Kier molecular flexibility index (Phi) is 4.82. The Labute approximate surface area is 141 Å². The molecule has 0 unspecified atom stereocenters. The summed E-state index contributed by atoms with van der Waals surface area (Å²) in [6.45, 7) is 0.562. The summed E-state index contributed by atoms with van der Waals surface area (Å²) in [5.74, 6) is 1.60. The fraction of sp³-hybridized carbons (Fsp3) is 0.211. The van der Waals surface area contributed by atoms with Crippen LogP contribution >= 0.6 is 0 Å². The quantitative estimate of drug-likeness (QED) is 0.757. The van der Waals surface area contributed by atoms with E-state index >= 15 is 0 Å². The number of rotatable bonds is 6. The van der Waals surface area contributed by atoms with Gasteiger partial charge in [0.25, 0.3) is 0 Å². The minimum atomic E-state index is 0.562. The van der Waals surface area contributed by atoms with Crippen LogP contribution in [0.3, 0.4) is 0 Å². The maximum Gasteiger partial charge on any atom is 0.121 e. The van der Waals surface area contributed by atoms with Gasteiger partial charge in [-0.15, -0.1) is 0 Å². The Hall–Kier alpha value is -2.79. The van der Waals surface area contributed by atoms with Crippen molar-refractivity contribution in [3.8, 4) is 28.4 Å². The molecule has 0 saturated heterocycles. The molecule has 0 aliphatic heterocycles. The third-order valence-electron chi connectivity index (χ3n) is 3.82. The van der Waals surface area contributed by atoms with Gasteiger partial charge in [0, 0.05) is 18.1 Å². The highest BCUT2D eigenvalue weighted by Gasteiger charge is 2.12. The standard InChI is InChI=1S/C19H21N3O2/c1-23-17-7-3-5-14(11-17)19-12-15(9-10-20)21-22(19)16-6-4-8-18(13-16)24-2/h3-8,11-13H,9-10,20H2,1-2H3. The van der Waals surface area contributed by atoms with Gasteiger partial charge in [0.15, 0.2) is 0 Å². The highest BCUT2D eigenvalue weighted by Crippen LogP contribution is 2.28. The van der Waals surface area contributed by atoms with E-state index in [4.69, 9.17) is 20.3 Å². The van der Waals surface area contributed by atoms with E-state index in [1.54, 1.807) is 14.2 Å². The molecular weight excluding hydrogens is 302 g/mol. The monoisotopic (exact) mass is 323 g/mol. The number of hydrogen-bond acceptors (Lipinski definition) is 4. The predicted octanol–water partition coefficient (Wildman–Crippen LogP) is 3.06. The van der Waals surface area contributed by atoms with Crippen LogP contribution in [-0.2, 0) is 6.42 Å². The van der Waals surface area contributed by atoms with Gasteiger partial charge in [-0.3, -0.25) is 0 Å². The van der Waals surface area contributed by atoms with Gasteiger partial charge in [-0.05, 0) is 36.9 Å². The molecule has 0 amide bonds. The molecule has 0 bridgehead atoms. The predicted molar refractivity (Wildman–Crippen MR) is 94.9 cm³/mol. The van der Waals surface area contributed by atoms with Gasteiger partial charge >= 0.3 is 0 Å². The van der Waals surface area contributed by atoms with Crippen LogP contribution in [0.1, 0.15) is 5.69 Å². The lowest BCUT2D eigenvalue weighted by Crippen LogP contribution is -2.04. The maximum absolute atomic E-state index is 5.70. The zero-order valence-corrected chi connectivity index (χ0v) is 13.9. The molecule has 0 fully saturated rings. The van der Waals surface area contributed by atoms with Crippen molar-refractivity contribution in [1.29, 1.82) is 0 Å². The number of hydrogen-bond donors (Lipinski definition) is 1. The Morgan fingerprint density at radius 3 is 2.38 bits per heavy atom. The highest BCUT2D eigenvalue weighted by molar-refractivity contribution is 5.64. The molecule has 0 spiro atoms. The summed E-state index contributed by atoms with van der Waals surface area (Å²) in [4.78, 5) is 0. The minimum Gasteiger partial charge on any atom is -0.497 e. The molecule has 0 atom stereocenters. The van der Waals surface area contributed by atoms with E-state index in [-0.39, 0.29) is 0 Å². The van der Waals surface area contributed by atoms with E-state index in [0.717, 1.165) is 40.6 Å². The number of benzene rings is 2. The van der Waals surface area contributed by atoms with Crippen molar-refractivity contribution in [2.45, 2.75) is 6.42 Å². The van der Waals surface area contributed by atoms with Crippen molar-refractivity contribution in [2.75, 3.05) is 20.8 Å². The van der Waals surface area contributed by atoms with E-state index in [1.807, 2.05) is 53.2 Å². The van der Waals surface area contributed by atoms with Crippen LogP contribution in [0.5, 0.6) is 11.5 Å². The smallest absolute Gasteiger partial charge is 0.121 e. The molecule has 0 aliphatic carbocycles. The molecule has 5 heteroatoms. The molecule has 1 heterocycles. The first-order valence-corrected chi connectivity index (χ1v) is 7.83. The Bertz CT molecular complexity index is 762. The fourth-order valence-electron chi connectivity index (χ4n) is 2.63. The number of aromatic nitrogens is 2. The van der Waals surface area contributed by atoms with Crippen LogP contribution in [0.4, 0.5) is 0 Å². The summed E-state index contributed by atoms with van der Waals surface area (Å²) >= 11 is 0. The van der Waals surface area contributed by atoms with Crippen LogP contribution in [0, 0.1) is 0 Å². The lowest BCUT2D eigenvalue weighted by atomic mass is 10.1. The summed E-state index contributed by atoms with van der Waals surface area (Å²) < 4.78 is 12.6. The molecule has 2 aromatic carbocycles. The van der Waals surface area contributed by atoms with Crippen molar-refractivity contribution in [3.05, 3.63) is 60.3 Å².